The first kappa shape index (κ1) is 16.4. The van der Waals surface area contributed by atoms with Crippen LogP contribution >= 0.6 is 0 Å². The number of nitrogens with one attached hydrogen (secondary N) is 1. The summed E-state index contributed by atoms with van der Waals surface area (Å²) in [5.41, 5.74) is 0.802. The molecule has 118 valence electrons. The summed E-state index contributed by atoms with van der Waals surface area (Å²) in [7, 11) is 0. The number of likely N-dealkylation sites (tertiary alicyclic amines) is 1. The number of halogens is 1. The fourth-order valence-corrected chi connectivity index (χ4v) is 3.39. The normalized spacial score (nSPS) is 25.0. The molecule has 1 aliphatic heterocycles. The molecule has 21 heavy (non-hydrogen) atoms. The van der Waals surface area contributed by atoms with E-state index >= 15 is 0 Å². The summed E-state index contributed by atoms with van der Waals surface area (Å²) in [5, 5.41) is 3.53. The lowest BCUT2D eigenvalue weighted by Crippen LogP contribution is -2.47. The van der Waals surface area contributed by atoms with E-state index in [1.807, 2.05) is 12.1 Å². The predicted octanol–water partition coefficient (Wildman–Crippen LogP) is 4.13. The minimum Gasteiger partial charge on any atom is -0.309 e. The highest BCUT2D eigenvalue weighted by Gasteiger charge is 2.28. The summed E-state index contributed by atoms with van der Waals surface area (Å²) >= 11 is 0. The molecule has 1 aromatic rings. The van der Waals surface area contributed by atoms with Gasteiger partial charge >= 0.3 is 0 Å². The van der Waals surface area contributed by atoms with Gasteiger partial charge in [-0.3, -0.25) is 4.90 Å². The van der Waals surface area contributed by atoms with Crippen molar-refractivity contribution >= 4 is 0 Å². The lowest BCUT2D eigenvalue weighted by atomic mass is 9.95. The third-order valence-electron chi connectivity index (χ3n) is 4.69. The summed E-state index contributed by atoms with van der Waals surface area (Å²) in [6.07, 6.45) is 4.88. The predicted molar refractivity (Wildman–Crippen MR) is 86.9 cm³/mol. The number of piperidine rings is 1. The van der Waals surface area contributed by atoms with Crippen LogP contribution in [0.25, 0.3) is 0 Å². The lowest BCUT2D eigenvalue weighted by molar-refractivity contribution is 0.0903. The molecule has 0 radical (unpaired) electrons. The molecule has 2 rings (SSSR count). The van der Waals surface area contributed by atoms with Crippen LogP contribution in [-0.2, 0) is 0 Å². The SMILES string of the molecule is CCCNC(CN1[C@H](C)CCC[C@@H]1C)c1ccccc1F. The molecule has 1 heterocycles. The molecule has 0 saturated carbocycles. The van der Waals surface area contributed by atoms with E-state index in [9.17, 15) is 4.39 Å². The third-order valence-corrected chi connectivity index (χ3v) is 4.69. The molecule has 0 aliphatic carbocycles. The average Bonchev–Trinajstić information content (AvgIpc) is 2.47. The lowest BCUT2D eigenvalue weighted by Gasteiger charge is -2.41. The van der Waals surface area contributed by atoms with Crippen molar-refractivity contribution in [3.63, 3.8) is 0 Å². The summed E-state index contributed by atoms with van der Waals surface area (Å²) in [6.45, 7) is 8.57. The van der Waals surface area contributed by atoms with Crippen molar-refractivity contribution in [1.29, 1.82) is 0 Å². The van der Waals surface area contributed by atoms with Gasteiger partial charge in [-0.05, 0) is 45.7 Å². The van der Waals surface area contributed by atoms with Gasteiger partial charge in [-0.25, -0.2) is 4.39 Å². The van der Waals surface area contributed by atoms with E-state index < -0.39 is 0 Å². The molecule has 0 bridgehead atoms. The average molecular weight is 292 g/mol. The Labute approximate surface area is 128 Å². The molecule has 1 fully saturated rings. The Morgan fingerprint density at radius 3 is 2.52 bits per heavy atom. The van der Waals surface area contributed by atoms with Crippen molar-refractivity contribution in [3.05, 3.63) is 35.6 Å². The van der Waals surface area contributed by atoms with Gasteiger partial charge in [0.2, 0.25) is 0 Å². The van der Waals surface area contributed by atoms with Gasteiger partial charge in [0.25, 0.3) is 0 Å². The maximum Gasteiger partial charge on any atom is 0.128 e. The molecule has 1 aliphatic rings. The van der Waals surface area contributed by atoms with E-state index in [0.717, 1.165) is 25.1 Å². The molecule has 3 heteroatoms. The second-order valence-electron chi connectivity index (χ2n) is 6.35. The first-order chi connectivity index (χ1) is 10.1. The van der Waals surface area contributed by atoms with E-state index in [-0.39, 0.29) is 11.9 Å². The fraction of sp³-hybridized carbons (Fsp3) is 0.667. The van der Waals surface area contributed by atoms with Gasteiger partial charge in [0.15, 0.2) is 0 Å². The van der Waals surface area contributed by atoms with Crippen molar-refractivity contribution in [1.82, 2.24) is 10.2 Å². The number of hydrogen-bond acceptors (Lipinski definition) is 2. The van der Waals surface area contributed by atoms with Crippen LogP contribution in [0.1, 0.15) is 58.1 Å². The zero-order valence-corrected chi connectivity index (χ0v) is 13.6. The van der Waals surface area contributed by atoms with Crippen LogP contribution < -0.4 is 5.32 Å². The number of rotatable bonds is 6. The molecule has 2 nitrogen and oxygen atoms in total. The second-order valence-corrected chi connectivity index (χ2v) is 6.35. The number of benzene rings is 1. The Balaban J connectivity index is 2.14. The molecule has 1 unspecified atom stereocenters. The van der Waals surface area contributed by atoms with Gasteiger partial charge in [-0.1, -0.05) is 31.5 Å². The van der Waals surface area contributed by atoms with Gasteiger partial charge in [0, 0.05) is 30.2 Å². The van der Waals surface area contributed by atoms with Crippen molar-refractivity contribution in [2.45, 2.75) is 64.6 Å². The van der Waals surface area contributed by atoms with E-state index in [2.05, 4.69) is 31.0 Å². The summed E-state index contributed by atoms with van der Waals surface area (Å²) < 4.78 is 14.2. The van der Waals surface area contributed by atoms with Gasteiger partial charge in [-0.2, -0.15) is 0 Å². The number of hydrogen-bond donors (Lipinski definition) is 1. The van der Waals surface area contributed by atoms with Crippen LogP contribution in [0.3, 0.4) is 0 Å². The zero-order valence-electron chi connectivity index (χ0n) is 13.6. The molecular weight excluding hydrogens is 263 g/mol. The van der Waals surface area contributed by atoms with E-state index in [1.54, 1.807) is 12.1 Å². The standard InChI is InChI=1S/C18H29FN2/c1-4-12-20-18(16-10-5-6-11-17(16)19)13-21-14(2)8-7-9-15(21)3/h5-6,10-11,14-15,18,20H,4,7-9,12-13H2,1-3H3/t14-,15+,18?. The first-order valence-corrected chi connectivity index (χ1v) is 8.37. The molecule has 3 atom stereocenters. The van der Waals surface area contributed by atoms with Crippen molar-refractivity contribution in [2.24, 2.45) is 0 Å². The monoisotopic (exact) mass is 292 g/mol. The van der Waals surface area contributed by atoms with Crippen molar-refractivity contribution < 1.29 is 4.39 Å². The minimum atomic E-state index is -0.0941. The quantitative estimate of drug-likeness (QED) is 0.848. The minimum absolute atomic E-state index is 0.0779. The summed E-state index contributed by atoms with van der Waals surface area (Å²) in [6, 6.07) is 8.44. The summed E-state index contributed by atoms with van der Waals surface area (Å²) in [5.74, 6) is -0.0941. The molecule has 1 N–H and O–H groups in total. The Morgan fingerprint density at radius 1 is 1.24 bits per heavy atom. The van der Waals surface area contributed by atoms with Crippen LogP contribution in [0, 0.1) is 5.82 Å². The van der Waals surface area contributed by atoms with E-state index in [1.165, 1.54) is 19.3 Å². The van der Waals surface area contributed by atoms with Gasteiger partial charge < -0.3 is 5.32 Å². The Hall–Kier alpha value is -0.930. The second kappa shape index (κ2) is 7.90. The number of nitrogens with zero attached hydrogens (tertiary/aromatic N) is 1. The molecule has 1 aromatic carbocycles. The Bertz CT molecular complexity index is 425. The highest BCUT2D eigenvalue weighted by Crippen LogP contribution is 2.26. The highest BCUT2D eigenvalue weighted by atomic mass is 19.1. The molecule has 0 aromatic heterocycles. The Kier molecular flexibility index (Phi) is 6.19. The highest BCUT2D eigenvalue weighted by molar-refractivity contribution is 5.21. The van der Waals surface area contributed by atoms with E-state index in [4.69, 9.17) is 0 Å². The van der Waals surface area contributed by atoms with Crippen LogP contribution in [0.4, 0.5) is 4.39 Å². The molecule has 0 amide bonds. The zero-order chi connectivity index (χ0) is 15.2. The van der Waals surface area contributed by atoms with Gasteiger partial charge in [0.05, 0.1) is 0 Å². The Morgan fingerprint density at radius 2 is 1.90 bits per heavy atom. The summed E-state index contributed by atoms with van der Waals surface area (Å²) in [4.78, 5) is 2.54. The van der Waals surface area contributed by atoms with Crippen LogP contribution in [0.15, 0.2) is 24.3 Å². The maximum absolute atomic E-state index is 14.2. The maximum atomic E-state index is 14.2. The van der Waals surface area contributed by atoms with Crippen LogP contribution in [0.2, 0.25) is 0 Å². The third kappa shape index (κ3) is 4.27. The molecule has 0 spiro atoms. The smallest absolute Gasteiger partial charge is 0.128 e. The largest absolute Gasteiger partial charge is 0.309 e. The molecular formula is C18H29FN2. The topological polar surface area (TPSA) is 15.3 Å². The molecule has 1 saturated heterocycles. The van der Waals surface area contributed by atoms with Crippen LogP contribution in [-0.4, -0.2) is 30.1 Å². The van der Waals surface area contributed by atoms with Crippen molar-refractivity contribution in [3.8, 4) is 0 Å². The van der Waals surface area contributed by atoms with E-state index in [0.29, 0.717) is 12.1 Å². The van der Waals surface area contributed by atoms with Gasteiger partial charge in [0.1, 0.15) is 5.82 Å². The first-order valence-electron chi connectivity index (χ1n) is 8.37. The van der Waals surface area contributed by atoms with Crippen molar-refractivity contribution in [2.75, 3.05) is 13.1 Å². The van der Waals surface area contributed by atoms with Gasteiger partial charge in [-0.15, -0.1) is 0 Å². The van der Waals surface area contributed by atoms with Crippen LogP contribution in [0.5, 0.6) is 0 Å². The fourth-order valence-electron chi connectivity index (χ4n) is 3.39.